The van der Waals surface area contributed by atoms with Gasteiger partial charge in [0, 0.05) is 31.3 Å². The van der Waals surface area contributed by atoms with Gasteiger partial charge >= 0.3 is 6.03 Å². The molecule has 0 spiro atoms. The molecular weight excluding hydrogens is 286 g/mol. The highest BCUT2D eigenvalue weighted by molar-refractivity contribution is 7.99. The fraction of sp³-hybridized carbons (Fsp3) is 0.786. The highest BCUT2D eigenvalue weighted by Crippen LogP contribution is 2.31. The van der Waals surface area contributed by atoms with Crippen LogP contribution in [0, 0.1) is 0 Å². The van der Waals surface area contributed by atoms with E-state index in [9.17, 15) is 4.79 Å². The lowest BCUT2D eigenvalue weighted by molar-refractivity contribution is 0.191. The maximum atomic E-state index is 12.3. The molecule has 1 N–H and O–H groups in total. The van der Waals surface area contributed by atoms with Crippen LogP contribution in [0.5, 0.6) is 0 Å². The van der Waals surface area contributed by atoms with E-state index in [1.54, 1.807) is 0 Å². The van der Waals surface area contributed by atoms with Gasteiger partial charge < -0.3 is 14.8 Å². The number of aromatic nitrogens is 3. The van der Waals surface area contributed by atoms with Gasteiger partial charge in [0.1, 0.15) is 5.82 Å². The number of aryl methyl sites for hydroxylation is 1. The van der Waals surface area contributed by atoms with Gasteiger partial charge in [0.2, 0.25) is 0 Å². The molecular formula is C14H23N5OS. The van der Waals surface area contributed by atoms with Crippen LogP contribution in [-0.4, -0.2) is 50.3 Å². The van der Waals surface area contributed by atoms with Gasteiger partial charge in [-0.15, -0.1) is 10.2 Å². The zero-order valence-electron chi connectivity index (χ0n) is 12.7. The van der Waals surface area contributed by atoms with E-state index in [4.69, 9.17) is 0 Å². The van der Waals surface area contributed by atoms with Gasteiger partial charge in [-0.05, 0) is 25.5 Å². The average Bonchev–Trinajstić information content (AvgIpc) is 3.19. The normalized spacial score (nSPS) is 24.1. The van der Waals surface area contributed by atoms with Crippen LogP contribution in [0.25, 0.3) is 0 Å². The Morgan fingerprint density at radius 3 is 3.10 bits per heavy atom. The van der Waals surface area contributed by atoms with Crippen LogP contribution in [0.2, 0.25) is 0 Å². The molecule has 0 aromatic carbocycles. The third-order valence-corrected chi connectivity index (χ3v) is 5.78. The number of carbonyl (C=O) groups is 1. The van der Waals surface area contributed by atoms with Crippen molar-refractivity contribution in [1.82, 2.24) is 25.0 Å². The molecule has 2 atom stereocenters. The minimum absolute atomic E-state index is 0.00343. The average molecular weight is 309 g/mol. The summed E-state index contributed by atoms with van der Waals surface area (Å²) in [6.07, 6.45) is 7.79. The van der Waals surface area contributed by atoms with Gasteiger partial charge in [0.15, 0.2) is 5.82 Å². The fourth-order valence-electron chi connectivity index (χ4n) is 3.40. The second-order valence-corrected chi connectivity index (χ2v) is 6.91. The molecule has 0 bridgehead atoms. The second-order valence-electron chi connectivity index (χ2n) is 5.83. The second kappa shape index (κ2) is 6.25. The Morgan fingerprint density at radius 2 is 2.29 bits per heavy atom. The number of thioether (sulfide) groups is 1. The molecule has 7 heteroatoms. The Hall–Kier alpha value is -1.24. The van der Waals surface area contributed by atoms with Crippen molar-refractivity contribution in [2.24, 2.45) is 0 Å². The number of hydrogen-bond donors (Lipinski definition) is 1. The van der Waals surface area contributed by atoms with E-state index >= 15 is 0 Å². The standard InChI is InChI=1S/C14H23N5OS/c1-18(10-5-3-6-11(10)21-2)14(20)15-9-13-17-16-12-7-4-8-19(12)13/h10-11H,3-9H2,1-2H3,(H,15,20)/t10-,11-/m0/s1. The first kappa shape index (κ1) is 14.7. The van der Waals surface area contributed by atoms with E-state index in [2.05, 4.69) is 26.3 Å². The smallest absolute Gasteiger partial charge is 0.317 e. The summed E-state index contributed by atoms with van der Waals surface area (Å²) >= 11 is 1.87. The first-order chi connectivity index (χ1) is 10.2. The van der Waals surface area contributed by atoms with Crippen molar-refractivity contribution >= 4 is 17.8 Å². The topological polar surface area (TPSA) is 63.1 Å². The number of hydrogen-bond acceptors (Lipinski definition) is 4. The molecule has 116 valence electrons. The van der Waals surface area contributed by atoms with Gasteiger partial charge in [-0.25, -0.2) is 4.79 Å². The number of nitrogens with one attached hydrogen (secondary N) is 1. The van der Waals surface area contributed by atoms with E-state index in [1.807, 2.05) is 23.7 Å². The maximum absolute atomic E-state index is 12.3. The van der Waals surface area contributed by atoms with Crippen LogP contribution >= 0.6 is 11.8 Å². The quantitative estimate of drug-likeness (QED) is 0.918. The molecule has 2 aliphatic rings. The zero-order chi connectivity index (χ0) is 14.8. The molecule has 2 amide bonds. The summed E-state index contributed by atoms with van der Waals surface area (Å²) in [7, 11) is 1.91. The third-order valence-electron chi connectivity index (χ3n) is 4.62. The summed E-state index contributed by atoms with van der Waals surface area (Å²) in [5, 5.41) is 11.9. The van der Waals surface area contributed by atoms with Gasteiger partial charge in [-0.1, -0.05) is 6.42 Å². The molecule has 1 aromatic rings. The van der Waals surface area contributed by atoms with Crippen molar-refractivity contribution in [1.29, 1.82) is 0 Å². The predicted octanol–water partition coefficient (Wildman–Crippen LogP) is 1.65. The SMILES string of the molecule is CS[C@H]1CCC[C@@H]1N(C)C(=O)NCc1nnc2n1CCC2. The molecule has 0 radical (unpaired) electrons. The molecule has 1 aliphatic heterocycles. The minimum atomic E-state index is -0.00343. The number of rotatable bonds is 4. The summed E-state index contributed by atoms with van der Waals surface area (Å²) < 4.78 is 2.13. The zero-order valence-corrected chi connectivity index (χ0v) is 13.5. The molecule has 3 rings (SSSR count). The number of urea groups is 1. The van der Waals surface area contributed by atoms with Crippen molar-refractivity contribution < 1.29 is 4.79 Å². The lowest BCUT2D eigenvalue weighted by Crippen LogP contribution is -2.45. The van der Waals surface area contributed by atoms with Gasteiger partial charge in [-0.3, -0.25) is 0 Å². The van der Waals surface area contributed by atoms with E-state index in [0.29, 0.717) is 17.8 Å². The molecule has 1 saturated carbocycles. The van der Waals surface area contributed by atoms with Crippen molar-refractivity contribution in [3.63, 3.8) is 0 Å². The summed E-state index contributed by atoms with van der Waals surface area (Å²) in [6, 6.07) is 0.348. The van der Waals surface area contributed by atoms with E-state index in [1.165, 1.54) is 12.8 Å². The molecule has 6 nitrogen and oxygen atoms in total. The molecule has 2 heterocycles. The van der Waals surface area contributed by atoms with Crippen LogP contribution in [0.1, 0.15) is 37.3 Å². The maximum Gasteiger partial charge on any atom is 0.317 e. The summed E-state index contributed by atoms with van der Waals surface area (Å²) in [6.45, 7) is 1.44. The number of carbonyl (C=O) groups excluding carboxylic acids is 1. The third kappa shape index (κ3) is 2.88. The van der Waals surface area contributed by atoms with Crippen LogP contribution < -0.4 is 5.32 Å². The Morgan fingerprint density at radius 1 is 1.43 bits per heavy atom. The molecule has 1 aliphatic carbocycles. The van der Waals surface area contributed by atoms with Crippen molar-refractivity contribution in [2.45, 2.75) is 56.5 Å². The molecule has 0 saturated heterocycles. The largest absolute Gasteiger partial charge is 0.331 e. The van der Waals surface area contributed by atoms with Crippen molar-refractivity contribution in [2.75, 3.05) is 13.3 Å². The number of fused-ring (bicyclic) bond motifs is 1. The predicted molar refractivity (Wildman–Crippen MR) is 83.3 cm³/mol. The molecule has 21 heavy (non-hydrogen) atoms. The lowest BCUT2D eigenvalue weighted by atomic mass is 10.2. The van der Waals surface area contributed by atoms with Crippen molar-refractivity contribution in [3.8, 4) is 0 Å². The molecule has 0 unspecified atom stereocenters. The Balaban J connectivity index is 1.56. The fourth-order valence-corrected chi connectivity index (χ4v) is 4.43. The first-order valence-electron chi connectivity index (χ1n) is 7.65. The van der Waals surface area contributed by atoms with Crippen LogP contribution in [0.4, 0.5) is 4.79 Å². The summed E-state index contributed by atoms with van der Waals surface area (Å²) in [5.41, 5.74) is 0. The van der Waals surface area contributed by atoms with E-state index in [-0.39, 0.29) is 6.03 Å². The van der Waals surface area contributed by atoms with Gasteiger partial charge in [-0.2, -0.15) is 11.8 Å². The van der Waals surface area contributed by atoms with Crippen LogP contribution in [0.15, 0.2) is 0 Å². The highest BCUT2D eigenvalue weighted by Gasteiger charge is 2.32. The van der Waals surface area contributed by atoms with Crippen molar-refractivity contribution in [3.05, 3.63) is 11.6 Å². The molecule has 1 aromatic heterocycles. The highest BCUT2D eigenvalue weighted by atomic mass is 32.2. The van der Waals surface area contributed by atoms with Gasteiger partial charge in [0.05, 0.1) is 6.54 Å². The first-order valence-corrected chi connectivity index (χ1v) is 8.94. The van der Waals surface area contributed by atoms with Crippen LogP contribution in [0.3, 0.4) is 0 Å². The monoisotopic (exact) mass is 309 g/mol. The Labute approximate surface area is 129 Å². The van der Waals surface area contributed by atoms with Crippen LogP contribution in [-0.2, 0) is 19.5 Å². The summed E-state index contributed by atoms with van der Waals surface area (Å²) in [4.78, 5) is 14.2. The minimum Gasteiger partial charge on any atom is -0.331 e. The Bertz CT molecular complexity index is 517. The van der Waals surface area contributed by atoms with E-state index in [0.717, 1.165) is 37.5 Å². The number of nitrogens with zero attached hydrogens (tertiary/aromatic N) is 4. The summed E-state index contributed by atoms with van der Waals surface area (Å²) in [5.74, 6) is 1.92. The molecule has 1 fully saturated rings. The number of amides is 2. The lowest BCUT2D eigenvalue weighted by Gasteiger charge is -2.28. The Kier molecular flexibility index (Phi) is 4.37. The van der Waals surface area contributed by atoms with E-state index < -0.39 is 0 Å². The van der Waals surface area contributed by atoms with Gasteiger partial charge in [0.25, 0.3) is 0 Å².